The van der Waals surface area contributed by atoms with Crippen LogP contribution >= 0.6 is 0 Å². The van der Waals surface area contributed by atoms with E-state index >= 15 is 0 Å². The third-order valence-corrected chi connectivity index (χ3v) is 6.66. The van der Waals surface area contributed by atoms with Crippen molar-refractivity contribution in [2.24, 2.45) is 0 Å². The van der Waals surface area contributed by atoms with Gasteiger partial charge in [-0.1, -0.05) is 48.5 Å². The Morgan fingerprint density at radius 1 is 0.875 bits per heavy atom. The fraction of sp³-hybridized carbons (Fsp3) is 0.143. The van der Waals surface area contributed by atoms with Crippen molar-refractivity contribution >= 4 is 27.9 Å². The number of Topliss-reactive ketones (excluding diaryl/α,β-unsaturated/α-hetero) is 1. The summed E-state index contributed by atoms with van der Waals surface area (Å²) in [4.78, 5) is 18.2. The van der Waals surface area contributed by atoms with Crippen LogP contribution in [0.4, 0.5) is 5.69 Å². The van der Waals surface area contributed by atoms with E-state index in [1.165, 1.54) is 5.56 Å². The molecule has 4 heteroatoms. The Morgan fingerprint density at radius 2 is 1.72 bits per heavy atom. The SMILES string of the molecule is O=C1C[C@H](c2ccccc2)CC2=C1[C@H](c1cccc(O)c1)Nc1ccc3ncccc3c12. The van der Waals surface area contributed by atoms with Gasteiger partial charge >= 0.3 is 0 Å². The average Bonchev–Trinajstić information content (AvgIpc) is 2.83. The number of aromatic hydroxyl groups is 1. The summed E-state index contributed by atoms with van der Waals surface area (Å²) in [5.74, 6) is 0.503. The van der Waals surface area contributed by atoms with Crippen molar-refractivity contribution in [3.8, 4) is 5.75 Å². The van der Waals surface area contributed by atoms with E-state index in [1.807, 2.05) is 42.5 Å². The molecule has 32 heavy (non-hydrogen) atoms. The summed E-state index contributed by atoms with van der Waals surface area (Å²) < 4.78 is 0. The molecule has 1 aliphatic carbocycles. The first-order valence-electron chi connectivity index (χ1n) is 10.9. The minimum atomic E-state index is -0.289. The molecule has 4 nitrogen and oxygen atoms in total. The van der Waals surface area contributed by atoms with Crippen LogP contribution in [0.25, 0.3) is 16.5 Å². The second-order valence-corrected chi connectivity index (χ2v) is 8.56. The number of hydrogen-bond acceptors (Lipinski definition) is 4. The van der Waals surface area contributed by atoms with Crippen LogP contribution in [0.15, 0.2) is 90.6 Å². The molecule has 0 fully saturated rings. The number of hydrogen-bond donors (Lipinski definition) is 2. The van der Waals surface area contributed by atoms with Crippen LogP contribution in [0.3, 0.4) is 0 Å². The molecule has 0 amide bonds. The van der Waals surface area contributed by atoms with Crippen molar-refractivity contribution in [3.63, 3.8) is 0 Å². The fourth-order valence-corrected chi connectivity index (χ4v) is 5.24. The summed E-state index contributed by atoms with van der Waals surface area (Å²) in [6.07, 6.45) is 3.08. The minimum Gasteiger partial charge on any atom is -0.508 e. The van der Waals surface area contributed by atoms with Crippen LogP contribution in [0.2, 0.25) is 0 Å². The van der Waals surface area contributed by atoms with E-state index in [9.17, 15) is 9.90 Å². The van der Waals surface area contributed by atoms with Crippen molar-refractivity contribution < 1.29 is 9.90 Å². The summed E-state index contributed by atoms with van der Waals surface area (Å²) in [6, 6.07) is 25.3. The number of nitrogens with one attached hydrogen (secondary N) is 1. The number of ketones is 1. The maximum Gasteiger partial charge on any atom is 0.162 e. The second kappa shape index (κ2) is 7.34. The van der Waals surface area contributed by atoms with Gasteiger partial charge in [0.2, 0.25) is 0 Å². The summed E-state index contributed by atoms with van der Waals surface area (Å²) in [6.45, 7) is 0. The van der Waals surface area contributed by atoms with Crippen LogP contribution in [0.5, 0.6) is 5.75 Å². The third kappa shape index (κ3) is 2.99. The highest BCUT2D eigenvalue weighted by molar-refractivity contribution is 6.12. The predicted molar refractivity (Wildman–Crippen MR) is 127 cm³/mol. The molecule has 156 valence electrons. The van der Waals surface area contributed by atoms with Gasteiger partial charge in [-0.2, -0.15) is 0 Å². The zero-order valence-corrected chi connectivity index (χ0v) is 17.5. The number of carbonyl (C=O) groups is 1. The molecule has 2 atom stereocenters. The molecule has 0 unspecified atom stereocenters. The highest BCUT2D eigenvalue weighted by Crippen LogP contribution is 2.50. The van der Waals surface area contributed by atoms with Gasteiger partial charge < -0.3 is 10.4 Å². The molecule has 0 radical (unpaired) electrons. The molecule has 3 aromatic carbocycles. The molecule has 6 rings (SSSR count). The number of fused-ring (bicyclic) bond motifs is 4. The smallest absolute Gasteiger partial charge is 0.162 e. The van der Waals surface area contributed by atoms with Crippen LogP contribution in [-0.4, -0.2) is 15.9 Å². The minimum absolute atomic E-state index is 0.144. The summed E-state index contributed by atoms with van der Waals surface area (Å²) in [7, 11) is 0. The van der Waals surface area contributed by atoms with Crippen molar-refractivity contribution in [1.82, 2.24) is 4.98 Å². The van der Waals surface area contributed by atoms with Crippen LogP contribution in [0.1, 0.15) is 41.5 Å². The molecule has 0 saturated heterocycles. The lowest BCUT2D eigenvalue weighted by Crippen LogP contribution is -2.29. The van der Waals surface area contributed by atoms with Gasteiger partial charge in [0, 0.05) is 34.8 Å². The Morgan fingerprint density at radius 3 is 2.56 bits per heavy atom. The number of aromatic nitrogens is 1. The van der Waals surface area contributed by atoms with E-state index in [-0.39, 0.29) is 23.5 Å². The molecule has 0 bridgehead atoms. The molecular weight excluding hydrogens is 396 g/mol. The van der Waals surface area contributed by atoms with Crippen molar-refractivity contribution in [2.75, 3.05) is 5.32 Å². The molecule has 0 spiro atoms. The fourth-order valence-electron chi connectivity index (χ4n) is 5.24. The lowest BCUT2D eigenvalue weighted by Gasteiger charge is -2.37. The van der Waals surface area contributed by atoms with Gasteiger partial charge in [0.25, 0.3) is 0 Å². The number of phenolic OH excluding ortho intramolecular Hbond substituents is 1. The maximum absolute atomic E-state index is 13.7. The van der Waals surface area contributed by atoms with Crippen molar-refractivity contribution in [2.45, 2.75) is 24.8 Å². The topological polar surface area (TPSA) is 62.2 Å². The second-order valence-electron chi connectivity index (χ2n) is 8.56. The number of allylic oxidation sites excluding steroid dienone is 1. The Balaban J connectivity index is 1.59. The summed E-state index contributed by atoms with van der Waals surface area (Å²) >= 11 is 0. The van der Waals surface area contributed by atoms with Gasteiger partial charge in [0.15, 0.2) is 5.78 Å². The van der Waals surface area contributed by atoms with Gasteiger partial charge in [-0.3, -0.25) is 9.78 Å². The van der Waals surface area contributed by atoms with E-state index in [1.54, 1.807) is 18.3 Å². The lowest BCUT2D eigenvalue weighted by molar-refractivity contribution is -0.116. The Bertz CT molecular complexity index is 1390. The van der Waals surface area contributed by atoms with E-state index in [2.05, 4.69) is 34.6 Å². The van der Waals surface area contributed by atoms with Crippen LogP contribution < -0.4 is 5.32 Å². The molecule has 0 saturated carbocycles. The number of nitrogens with zero attached hydrogens (tertiary/aromatic N) is 1. The average molecular weight is 418 g/mol. The number of carbonyl (C=O) groups excluding carboxylic acids is 1. The van der Waals surface area contributed by atoms with Crippen LogP contribution in [-0.2, 0) is 4.79 Å². The van der Waals surface area contributed by atoms with Crippen LogP contribution in [0, 0.1) is 0 Å². The first kappa shape index (κ1) is 18.8. The number of anilines is 1. The standard InChI is InChI=1S/C28H22N2O2/c31-20-9-4-8-18(14-20)28-27-22(15-19(16-25(27)32)17-6-2-1-3-7-17)26-21-10-5-13-29-23(21)11-12-24(26)30-28/h1-14,19,28,30-31H,15-16H2/t19-,28+/m1/s1. The first-order chi connectivity index (χ1) is 15.7. The van der Waals surface area contributed by atoms with Gasteiger partial charge in [0.05, 0.1) is 11.6 Å². The zero-order valence-electron chi connectivity index (χ0n) is 17.5. The largest absolute Gasteiger partial charge is 0.508 e. The monoisotopic (exact) mass is 418 g/mol. The first-order valence-corrected chi connectivity index (χ1v) is 10.9. The van der Waals surface area contributed by atoms with E-state index < -0.39 is 0 Å². The number of pyridine rings is 1. The number of benzene rings is 3. The lowest BCUT2D eigenvalue weighted by atomic mass is 9.72. The highest BCUT2D eigenvalue weighted by atomic mass is 16.3. The Kier molecular flexibility index (Phi) is 4.32. The van der Waals surface area contributed by atoms with Gasteiger partial charge in [-0.15, -0.1) is 0 Å². The molecule has 1 aromatic heterocycles. The number of phenols is 1. The molecule has 2 heterocycles. The van der Waals surface area contributed by atoms with Crippen molar-refractivity contribution in [1.29, 1.82) is 0 Å². The highest BCUT2D eigenvalue weighted by Gasteiger charge is 2.38. The summed E-state index contributed by atoms with van der Waals surface area (Å²) in [5.41, 5.74) is 6.99. The third-order valence-electron chi connectivity index (χ3n) is 6.66. The molecule has 4 aromatic rings. The van der Waals surface area contributed by atoms with Gasteiger partial charge in [-0.05, 0) is 59.4 Å². The Hall–Kier alpha value is -3.92. The quantitative estimate of drug-likeness (QED) is 0.419. The zero-order chi connectivity index (χ0) is 21.7. The van der Waals surface area contributed by atoms with Crippen molar-refractivity contribution in [3.05, 3.63) is 107 Å². The van der Waals surface area contributed by atoms with Gasteiger partial charge in [0.1, 0.15) is 5.75 Å². The van der Waals surface area contributed by atoms with Gasteiger partial charge in [-0.25, -0.2) is 0 Å². The molecule has 2 aliphatic rings. The molecular formula is C28H22N2O2. The maximum atomic E-state index is 13.7. The summed E-state index contributed by atoms with van der Waals surface area (Å²) in [5, 5.41) is 14.8. The van der Waals surface area contributed by atoms with E-state index in [0.29, 0.717) is 6.42 Å². The van der Waals surface area contributed by atoms with E-state index in [4.69, 9.17) is 0 Å². The van der Waals surface area contributed by atoms with E-state index in [0.717, 1.165) is 45.3 Å². The Labute approximate surface area is 186 Å². The predicted octanol–water partition coefficient (Wildman–Crippen LogP) is 6.01. The molecule has 1 aliphatic heterocycles. The number of rotatable bonds is 2. The molecule has 2 N–H and O–H groups in total. The normalized spacial score (nSPS) is 19.9.